The summed E-state index contributed by atoms with van der Waals surface area (Å²) in [6, 6.07) is 19.0. The Morgan fingerprint density at radius 3 is 2.35 bits per heavy atom. The van der Waals surface area contributed by atoms with Gasteiger partial charge in [0, 0.05) is 23.7 Å². The van der Waals surface area contributed by atoms with E-state index in [-0.39, 0.29) is 43.1 Å². The monoisotopic (exact) mass is 518 g/mol. The zero-order valence-electron chi connectivity index (χ0n) is 19.9. The Morgan fingerprint density at radius 1 is 0.946 bits per heavy atom. The molecule has 0 unspecified atom stereocenters. The van der Waals surface area contributed by atoms with Gasteiger partial charge in [-0.1, -0.05) is 41.9 Å². The summed E-state index contributed by atoms with van der Waals surface area (Å²) in [6.45, 7) is 3.62. The number of halogens is 2. The minimum absolute atomic E-state index is 0.0551. The lowest BCUT2D eigenvalue weighted by molar-refractivity contribution is -0.133. The summed E-state index contributed by atoms with van der Waals surface area (Å²) in [5, 5.41) is 0.892. The van der Waals surface area contributed by atoms with E-state index in [0.29, 0.717) is 27.1 Å². The van der Waals surface area contributed by atoms with Crippen molar-refractivity contribution in [3.63, 3.8) is 0 Å². The van der Waals surface area contributed by atoms with Gasteiger partial charge in [-0.05, 0) is 54.1 Å². The van der Waals surface area contributed by atoms with Crippen LogP contribution in [0.25, 0.3) is 11.0 Å². The minimum atomic E-state index is -0.402. The number of carbonyl (C=O) groups excluding carboxylic acids is 2. The Kier molecular flexibility index (Phi) is 8.15. The van der Waals surface area contributed by atoms with Crippen LogP contribution in [-0.4, -0.2) is 34.7 Å². The molecular formula is C29H24ClFN2O4. The van der Waals surface area contributed by atoms with Gasteiger partial charge in [0.2, 0.25) is 5.91 Å². The van der Waals surface area contributed by atoms with Crippen LogP contribution < -0.4 is 5.43 Å². The Morgan fingerprint density at radius 2 is 1.65 bits per heavy atom. The Labute approximate surface area is 218 Å². The van der Waals surface area contributed by atoms with Gasteiger partial charge in [-0.2, -0.15) is 0 Å². The Balaban J connectivity index is 1.62. The third-order valence-electron chi connectivity index (χ3n) is 5.81. The average molecular weight is 519 g/mol. The number of hydrogen-bond donors (Lipinski definition) is 0. The molecule has 0 saturated carbocycles. The molecule has 0 fully saturated rings. The molecule has 0 aliphatic carbocycles. The van der Waals surface area contributed by atoms with Gasteiger partial charge in [0.1, 0.15) is 17.9 Å². The first kappa shape index (κ1) is 25.9. The average Bonchev–Trinajstić information content (AvgIpc) is 2.91. The van der Waals surface area contributed by atoms with Gasteiger partial charge in [-0.25, -0.2) is 4.39 Å². The predicted octanol–water partition coefficient (Wildman–Crippen LogP) is 5.44. The van der Waals surface area contributed by atoms with E-state index < -0.39 is 11.7 Å². The van der Waals surface area contributed by atoms with Crippen LogP contribution in [0.2, 0.25) is 5.02 Å². The fraction of sp³-hybridized carbons (Fsp3) is 0.138. The highest BCUT2D eigenvalue weighted by molar-refractivity contribution is 6.30. The number of fused-ring (bicyclic) bond motifs is 1. The molecule has 6 nitrogen and oxygen atoms in total. The summed E-state index contributed by atoms with van der Waals surface area (Å²) < 4.78 is 19.1. The molecule has 0 aliphatic rings. The predicted molar refractivity (Wildman–Crippen MR) is 141 cm³/mol. The summed E-state index contributed by atoms with van der Waals surface area (Å²) >= 11 is 5.94. The lowest BCUT2D eigenvalue weighted by Gasteiger charge is -2.27. The number of amides is 2. The fourth-order valence-electron chi connectivity index (χ4n) is 3.89. The molecule has 4 rings (SSSR count). The van der Waals surface area contributed by atoms with E-state index in [1.807, 2.05) is 0 Å². The second-order valence-electron chi connectivity index (χ2n) is 8.44. The van der Waals surface area contributed by atoms with Crippen LogP contribution in [-0.2, 0) is 17.9 Å². The molecule has 4 aromatic rings. The molecular weight excluding hydrogens is 495 g/mol. The SMILES string of the molecule is C=CCN(CC(=O)N(Cc1ccc(F)cc1)Cc1coc2ccccc2c1=O)C(=O)c1ccc(Cl)cc1. The highest BCUT2D eigenvalue weighted by Gasteiger charge is 2.23. The summed E-state index contributed by atoms with van der Waals surface area (Å²) in [5.41, 5.74) is 1.52. The number of carbonyl (C=O) groups is 2. The maximum atomic E-state index is 13.5. The second kappa shape index (κ2) is 11.7. The van der Waals surface area contributed by atoms with Gasteiger partial charge >= 0.3 is 0 Å². The van der Waals surface area contributed by atoms with Gasteiger partial charge in [0.05, 0.1) is 23.8 Å². The highest BCUT2D eigenvalue weighted by atomic mass is 35.5. The van der Waals surface area contributed by atoms with E-state index in [1.54, 1.807) is 60.7 Å². The van der Waals surface area contributed by atoms with Crippen molar-refractivity contribution >= 4 is 34.4 Å². The zero-order valence-corrected chi connectivity index (χ0v) is 20.7. The summed E-state index contributed by atoms with van der Waals surface area (Å²) in [5.74, 6) is -1.17. The highest BCUT2D eigenvalue weighted by Crippen LogP contribution is 2.16. The molecule has 0 bridgehead atoms. The topological polar surface area (TPSA) is 70.8 Å². The molecule has 0 atom stereocenters. The van der Waals surface area contributed by atoms with Crippen LogP contribution in [0, 0.1) is 5.82 Å². The number of rotatable bonds is 9. The van der Waals surface area contributed by atoms with Gasteiger partial charge in [-0.3, -0.25) is 14.4 Å². The zero-order chi connectivity index (χ0) is 26.4. The Hall–Kier alpha value is -4.23. The quantitative estimate of drug-likeness (QED) is 0.276. The minimum Gasteiger partial charge on any atom is -0.464 e. The number of para-hydroxylation sites is 1. The van der Waals surface area contributed by atoms with E-state index in [0.717, 1.165) is 0 Å². The largest absolute Gasteiger partial charge is 0.464 e. The van der Waals surface area contributed by atoms with Crippen LogP contribution in [0.15, 0.2) is 101 Å². The smallest absolute Gasteiger partial charge is 0.254 e. The molecule has 0 radical (unpaired) electrons. The molecule has 0 saturated heterocycles. The van der Waals surface area contributed by atoms with Crippen LogP contribution in [0.5, 0.6) is 0 Å². The van der Waals surface area contributed by atoms with Crippen molar-refractivity contribution < 1.29 is 18.4 Å². The van der Waals surface area contributed by atoms with Crippen molar-refractivity contribution in [2.75, 3.05) is 13.1 Å². The molecule has 1 heterocycles. The van der Waals surface area contributed by atoms with Crippen molar-refractivity contribution in [2.24, 2.45) is 0 Å². The molecule has 3 aromatic carbocycles. The Bertz CT molecular complexity index is 1480. The number of benzene rings is 3. The van der Waals surface area contributed by atoms with Crippen LogP contribution >= 0.6 is 11.6 Å². The molecule has 0 N–H and O–H groups in total. The number of nitrogens with zero attached hydrogens (tertiary/aromatic N) is 2. The van der Waals surface area contributed by atoms with E-state index in [2.05, 4.69) is 6.58 Å². The maximum Gasteiger partial charge on any atom is 0.254 e. The standard InChI is InChI=1S/C29H24ClFN2O4/c1-2-15-32(29(36)21-9-11-23(30)12-10-21)18-27(34)33(16-20-7-13-24(31)14-8-20)17-22-19-37-26-6-4-3-5-25(26)28(22)35/h2-14,19H,1,15-18H2. The third-order valence-corrected chi connectivity index (χ3v) is 6.06. The van der Waals surface area contributed by atoms with Crippen LogP contribution in [0.4, 0.5) is 4.39 Å². The molecule has 188 valence electrons. The maximum absolute atomic E-state index is 13.5. The lowest BCUT2D eigenvalue weighted by atomic mass is 10.1. The number of hydrogen-bond acceptors (Lipinski definition) is 4. The van der Waals surface area contributed by atoms with Gasteiger partial charge in [-0.15, -0.1) is 6.58 Å². The van der Waals surface area contributed by atoms with Gasteiger partial charge < -0.3 is 14.2 Å². The normalized spacial score (nSPS) is 10.8. The lowest BCUT2D eigenvalue weighted by Crippen LogP contribution is -2.43. The van der Waals surface area contributed by atoms with Gasteiger partial charge in [0.25, 0.3) is 5.91 Å². The van der Waals surface area contributed by atoms with Crippen LogP contribution in [0.3, 0.4) is 0 Å². The molecule has 1 aromatic heterocycles. The van der Waals surface area contributed by atoms with Crippen LogP contribution in [0.1, 0.15) is 21.5 Å². The summed E-state index contributed by atoms with van der Waals surface area (Å²) in [6.07, 6.45) is 2.87. The second-order valence-corrected chi connectivity index (χ2v) is 8.88. The van der Waals surface area contributed by atoms with Crippen molar-refractivity contribution in [2.45, 2.75) is 13.1 Å². The molecule has 37 heavy (non-hydrogen) atoms. The molecule has 0 spiro atoms. The van der Waals surface area contributed by atoms with Crippen molar-refractivity contribution in [3.05, 3.63) is 129 Å². The fourth-order valence-corrected chi connectivity index (χ4v) is 4.01. The first-order valence-corrected chi connectivity index (χ1v) is 11.9. The van der Waals surface area contributed by atoms with E-state index in [1.165, 1.54) is 34.3 Å². The molecule has 2 amide bonds. The molecule has 0 aliphatic heterocycles. The summed E-state index contributed by atoms with van der Waals surface area (Å²) in [4.78, 5) is 42.6. The van der Waals surface area contributed by atoms with E-state index >= 15 is 0 Å². The van der Waals surface area contributed by atoms with Crippen molar-refractivity contribution in [1.29, 1.82) is 0 Å². The van der Waals surface area contributed by atoms with Gasteiger partial charge in [0.15, 0.2) is 5.43 Å². The van der Waals surface area contributed by atoms with E-state index in [9.17, 15) is 18.8 Å². The first-order valence-electron chi connectivity index (χ1n) is 11.5. The van der Waals surface area contributed by atoms with Crippen molar-refractivity contribution in [3.8, 4) is 0 Å². The summed E-state index contributed by atoms with van der Waals surface area (Å²) in [7, 11) is 0. The third kappa shape index (κ3) is 6.32. The van der Waals surface area contributed by atoms with E-state index in [4.69, 9.17) is 16.0 Å². The first-order chi connectivity index (χ1) is 17.9. The molecule has 8 heteroatoms. The van der Waals surface area contributed by atoms with Crippen molar-refractivity contribution in [1.82, 2.24) is 9.80 Å².